The number of rotatable bonds is 6. The molecule has 8 nitrogen and oxygen atoms in total. The summed E-state index contributed by atoms with van der Waals surface area (Å²) in [5, 5.41) is 2.55. The summed E-state index contributed by atoms with van der Waals surface area (Å²) in [6, 6.07) is 13.0. The third kappa shape index (κ3) is 4.82. The molecule has 0 radical (unpaired) electrons. The summed E-state index contributed by atoms with van der Waals surface area (Å²) >= 11 is 0. The lowest BCUT2D eigenvalue weighted by Gasteiger charge is -2.16. The predicted octanol–water partition coefficient (Wildman–Crippen LogP) is 1.89. The van der Waals surface area contributed by atoms with Crippen LogP contribution in [-0.4, -0.2) is 51.9 Å². The van der Waals surface area contributed by atoms with Crippen LogP contribution in [0.3, 0.4) is 0 Å². The highest BCUT2D eigenvalue weighted by Crippen LogP contribution is 2.26. The monoisotopic (exact) mass is 416 g/mol. The predicted molar refractivity (Wildman–Crippen MR) is 107 cm³/mol. The number of esters is 1. The normalized spacial score (nSPS) is 13.1. The first-order valence-corrected chi connectivity index (χ1v) is 10.1. The van der Waals surface area contributed by atoms with Crippen LogP contribution < -0.4 is 10.1 Å². The molecule has 9 heteroatoms. The fraction of sp³-hybridized carbons (Fsp3) is 0.200. The zero-order valence-corrected chi connectivity index (χ0v) is 16.7. The second kappa shape index (κ2) is 8.46. The number of sulfonamides is 1. The van der Waals surface area contributed by atoms with Crippen molar-refractivity contribution in [2.75, 3.05) is 32.6 Å². The van der Waals surface area contributed by atoms with Crippen LogP contribution in [0.4, 0.5) is 5.69 Å². The molecule has 1 aliphatic heterocycles. The van der Waals surface area contributed by atoms with Crippen molar-refractivity contribution in [1.82, 2.24) is 4.31 Å². The second-order valence-corrected chi connectivity index (χ2v) is 8.58. The lowest BCUT2D eigenvalue weighted by atomic mass is 10.1. The maximum atomic E-state index is 12.2. The van der Waals surface area contributed by atoms with Gasteiger partial charge in [-0.25, -0.2) is 17.5 Å². The van der Waals surface area contributed by atoms with E-state index in [0.717, 1.165) is 9.87 Å². The average molecular weight is 416 g/mol. The van der Waals surface area contributed by atoms with Gasteiger partial charge in [-0.05, 0) is 36.4 Å². The molecule has 0 unspecified atom stereocenters. The maximum absolute atomic E-state index is 12.2. The van der Waals surface area contributed by atoms with Gasteiger partial charge in [0, 0.05) is 25.3 Å². The Morgan fingerprint density at radius 2 is 1.79 bits per heavy atom. The molecule has 152 valence electrons. The van der Waals surface area contributed by atoms with E-state index in [2.05, 4.69) is 5.32 Å². The summed E-state index contributed by atoms with van der Waals surface area (Å²) in [7, 11) is -0.674. The van der Waals surface area contributed by atoms with Gasteiger partial charge in [-0.1, -0.05) is 18.2 Å². The summed E-state index contributed by atoms with van der Waals surface area (Å²) in [6.07, 6.45) is 1.67. The van der Waals surface area contributed by atoms with Crippen molar-refractivity contribution in [3.05, 3.63) is 59.7 Å². The largest absolute Gasteiger partial charge is 0.488 e. The van der Waals surface area contributed by atoms with Gasteiger partial charge < -0.3 is 14.8 Å². The Morgan fingerprint density at radius 3 is 2.48 bits per heavy atom. The third-order valence-corrected chi connectivity index (χ3v) is 5.97. The zero-order chi connectivity index (χ0) is 21.0. The molecule has 0 bridgehead atoms. The number of nitrogens with zero attached hydrogens (tertiary/aromatic N) is 1. The van der Waals surface area contributed by atoms with Crippen molar-refractivity contribution in [1.29, 1.82) is 0 Å². The van der Waals surface area contributed by atoms with E-state index < -0.39 is 28.5 Å². The second-order valence-electron chi connectivity index (χ2n) is 6.43. The smallest absolute Gasteiger partial charge is 0.338 e. The Morgan fingerprint density at radius 1 is 1.10 bits per heavy atom. The molecule has 0 saturated carbocycles. The number of nitrogens with one attached hydrogen (secondary N) is 1. The number of hydrogen-bond donors (Lipinski definition) is 1. The Bertz CT molecular complexity index is 1060. The van der Waals surface area contributed by atoms with Gasteiger partial charge in [-0.2, -0.15) is 0 Å². The van der Waals surface area contributed by atoms with Gasteiger partial charge >= 0.3 is 5.97 Å². The van der Waals surface area contributed by atoms with E-state index in [1.807, 2.05) is 18.2 Å². The van der Waals surface area contributed by atoms with Crippen molar-refractivity contribution in [3.8, 4) is 5.75 Å². The Labute approximate surface area is 168 Å². The quantitative estimate of drug-likeness (QED) is 0.722. The molecular formula is C20H20N2O6S. The van der Waals surface area contributed by atoms with E-state index in [-0.39, 0.29) is 11.5 Å². The van der Waals surface area contributed by atoms with E-state index >= 15 is 0 Å². The van der Waals surface area contributed by atoms with Crippen LogP contribution in [0.2, 0.25) is 0 Å². The van der Waals surface area contributed by atoms with E-state index in [4.69, 9.17) is 9.47 Å². The van der Waals surface area contributed by atoms with Crippen LogP contribution in [0.25, 0.3) is 6.08 Å². The average Bonchev–Trinajstić information content (AvgIpc) is 2.72. The molecule has 0 aliphatic carbocycles. The SMILES string of the molecule is CN(C)S(=O)(=O)c1ccc(NC(=O)COC(=O)C2=Cc3ccccc3OC2)cc1. The molecule has 29 heavy (non-hydrogen) atoms. The molecule has 0 saturated heterocycles. The minimum absolute atomic E-state index is 0.0687. The summed E-state index contributed by atoms with van der Waals surface area (Å²) in [5.74, 6) is -0.497. The highest BCUT2D eigenvalue weighted by Gasteiger charge is 2.20. The molecule has 1 heterocycles. The van der Waals surface area contributed by atoms with Gasteiger partial charge in [0.1, 0.15) is 12.4 Å². The topological polar surface area (TPSA) is 102 Å². The van der Waals surface area contributed by atoms with Crippen LogP contribution in [0.5, 0.6) is 5.75 Å². The van der Waals surface area contributed by atoms with Gasteiger partial charge in [0.25, 0.3) is 5.91 Å². The highest BCUT2D eigenvalue weighted by atomic mass is 32.2. The first-order valence-electron chi connectivity index (χ1n) is 8.69. The third-order valence-electron chi connectivity index (χ3n) is 4.15. The van der Waals surface area contributed by atoms with Crippen LogP contribution in [0.1, 0.15) is 5.56 Å². The molecule has 3 rings (SSSR count). The first kappa shape index (κ1) is 20.6. The van der Waals surface area contributed by atoms with E-state index in [0.29, 0.717) is 17.0 Å². The Balaban J connectivity index is 1.55. The summed E-state index contributed by atoms with van der Waals surface area (Å²) < 4.78 is 35.7. The minimum atomic E-state index is -3.54. The molecule has 1 amide bonds. The van der Waals surface area contributed by atoms with E-state index in [1.54, 1.807) is 12.1 Å². The zero-order valence-electron chi connectivity index (χ0n) is 15.9. The maximum Gasteiger partial charge on any atom is 0.338 e. The van der Waals surface area contributed by atoms with Crippen molar-refractivity contribution >= 4 is 33.7 Å². The van der Waals surface area contributed by atoms with Crippen molar-refractivity contribution in [2.24, 2.45) is 0 Å². The van der Waals surface area contributed by atoms with Crippen molar-refractivity contribution in [3.63, 3.8) is 0 Å². The molecule has 2 aromatic rings. The molecule has 0 aromatic heterocycles. The van der Waals surface area contributed by atoms with Gasteiger partial charge in [0.15, 0.2) is 6.61 Å². The van der Waals surface area contributed by atoms with Gasteiger partial charge in [-0.15, -0.1) is 0 Å². The lowest BCUT2D eigenvalue weighted by molar-refractivity contribution is -0.143. The number of anilines is 1. The number of amides is 1. The van der Waals surface area contributed by atoms with Crippen LogP contribution >= 0.6 is 0 Å². The molecule has 1 N–H and O–H groups in total. The van der Waals surface area contributed by atoms with Crippen molar-refractivity contribution < 1.29 is 27.5 Å². The van der Waals surface area contributed by atoms with Crippen LogP contribution in [0.15, 0.2) is 59.0 Å². The number of fused-ring (bicyclic) bond motifs is 1. The molecular weight excluding hydrogens is 396 g/mol. The number of benzene rings is 2. The number of carbonyl (C=O) groups is 2. The molecule has 0 spiro atoms. The first-order chi connectivity index (χ1) is 13.8. The standard InChI is InChI=1S/C20H20N2O6S/c1-22(2)29(25,26)17-9-7-16(8-10-17)21-19(23)13-28-20(24)15-11-14-5-3-4-6-18(14)27-12-15/h3-11H,12-13H2,1-2H3,(H,21,23). The Hall–Kier alpha value is -3.17. The van der Waals surface area contributed by atoms with E-state index in [9.17, 15) is 18.0 Å². The van der Waals surface area contributed by atoms with Crippen LogP contribution in [0, 0.1) is 0 Å². The van der Waals surface area contributed by atoms with Crippen LogP contribution in [-0.2, 0) is 24.3 Å². The fourth-order valence-electron chi connectivity index (χ4n) is 2.58. The Kier molecular flexibility index (Phi) is 6.00. The number of hydrogen-bond acceptors (Lipinski definition) is 6. The molecule has 1 aliphatic rings. The number of carbonyl (C=O) groups excluding carboxylic acids is 2. The van der Waals surface area contributed by atoms with Gasteiger partial charge in [-0.3, -0.25) is 4.79 Å². The number of ether oxygens (including phenoxy) is 2. The lowest BCUT2D eigenvalue weighted by Crippen LogP contribution is -2.24. The fourth-order valence-corrected chi connectivity index (χ4v) is 3.48. The van der Waals surface area contributed by atoms with Crippen molar-refractivity contribution in [2.45, 2.75) is 4.90 Å². The molecule has 2 aromatic carbocycles. The summed E-state index contributed by atoms with van der Waals surface area (Å²) in [4.78, 5) is 24.3. The van der Waals surface area contributed by atoms with E-state index in [1.165, 1.54) is 38.4 Å². The summed E-state index contributed by atoms with van der Waals surface area (Å²) in [6.45, 7) is -0.408. The molecule has 0 fully saturated rings. The highest BCUT2D eigenvalue weighted by molar-refractivity contribution is 7.89. The summed E-state index contributed by atoms with van der Waals surface area (Å²) in [5.41, 5.74) is 1.47. The molecule has 0 atom stereocenters. The van der Waals surface area contributed by atoms with Gasteiger partial charge in [0.2, 0.25) is 10.0 Å². The number of para-hydroxylation sites is 1. The van der Waals surface area contributed by atoms with Gasteiger partial charge in [0.05, 0.1) is 10.5 Å². The minimum Gasteiger partial charge on any atom is -0.488 e.